The van der Waals surface area contributed by atoms with Crippen molar-refractivity contribution in [2.24, 2.45) is 28.6 Å². The monoisotopic (exact) mass is 346 g/mol. The summed E-state index contributed by atoms with van der Waals surface area (Å²) < 4.78 is 12.2. The standard InChI is InChI=1S/C21H30O4/c1-19-7-5-14(22)11-13(19)3-4-15-16-6-8-21(24-9-10-25-21)20(16,2)12-17(23)18(15)19/h3,6,8,14-18,22-23H,4-5,7,9-12H2,1-2H3/t14-,15-,16-,17-,18+,19-,20-/m0/s1. The Kier molecular flexibility index (Phi) is 3.42. The van der Waals surface area contributed by atoms with Crippen molar-refractivity contribution in [3.8, 4) is 0 Å². The summed E-state index contributed by atoms with van der Waals surface area (Å²) in [6, 6.07) is 0. The molecule has 1 aliphatic heterocycles. The highest BCUT2D eigenvalue weighted by Crippen LogP contribution is 2.66. The molecule has 3 fully saturated rings. The summed E-state index contributed by atoms with van der Waals surface area (Å²) in [7, 11) is 0. The Labute approximate surface area is 149 Å². The zero-order valence-corrected chi connectivity index (χ0v) is 15.3. The van der Waals surface area contributed by atoms with E-state index in [0.29, 0.717) is 25.0 Å². The van der Waals surface area contributed by atoms with E-state index in [9.17, 15) is 10.2 Å². The zero-order valence-electron chi connectivity index (χ0n) is 15.3. The second-order valence-electron chi connectivity index (χ2n) is 9.41. The molecule has 0 unspecified atom stereocenters. The smallest absolute Gasteiger partial charge is 0.194 e. The number of hydrogen-bond acceptors (Lipinski definition) is 4. The summed E-state index contributed by atoms with van der Waals surface area (Å²) in [6.45, 7) is 5.84. The molecule has 0 aromatic rings. The van der Waals surface area contributed by atoms with Gasteiger partial charge in [-0.1, -0.05) is 31.6 Å². The van der Waals surface area contributed by atoms with Crippen LogP contribution in [0.15, 0.2) is 23.8 Å². The highest BCUT2D eigenvalue weighted by Gasteiger charge is 2.66. The molecule has 0 aromatic carbocycles. The van der Waals surface area contributed by atoms with E-state index >= 15 is 0 Å². The van der Waals surface area contributed by atoms with E-state index in [1.54, 1.807) is 0 Å². The van der Waals surface area contributed by atoms with Crippen molar-refractivity contribution in [3.63, 3.8) is 0 Å². The number of ether oxygens (including phenoxy) is 2. The molecule has 4 heteroatoms. The van der Waals surface area contributed by atoms with Crippen LogP contribution in [0.3, 0.4) is 0 Å². The van der Waals surface area contributed by atoms with Gasteiger partial charge in [-0.15, -0.1) is 0 Å². The molecular weight excluding hydrogens is 316 g/mol. The second kappa shape index (κ2) is 5.19. The van der Waals surface area contributed by atoms with Crippen LogP contribution < -0.4 is 0 Å². The fourth-order valence-corrected chi connectivity index (χ4v) is 7.07. The van der Waals surface area contributed by atoms with Crippen LogP contribution in [-0.4, -0.2) is 41.4 Å². The molecule has 2 saturated carbocycles. The molecule has 1 saturated heterocycles. The zero-order chi connectivity index (χ0) is 17.4. The first kappa shape index (κ1) is 16.5. The average molecular weight is 346 g/mol. The van der Waals surface area contributed by atoms with E-state index in [2.05, 4.69) is 32.1 Å². The third-order valence-corrected chi connectivity index (χ3v) is 8.30. The first-order valence-corrected chi connectivity index (χ1v) is 9.93. The lowest BCUT2D eigenvalue weighted by molar-refractivity contribution is -0.240. The molecule has 1 heterocycles. The lowest BCUT2D eigenvalue weighted by Gasteiger charge is -2.60. The Hall–Kier alpha value is -0.680. The predicted octanol–water partition coefficient (Wildman–Crippen LogP) is 2.80. The Morgan fingerprint density at radius 1 is 1.16 bits per heavy atom. The molecule has 4 aliphatic carbocycles. The highest BCUT2D eigenvalue weighted by molar-refractivity contribution is 5.31. The van der Waals surface area contributed by atoms with Crippen molar-refractivity contribution < 1.29 is 19.7 Å². The van der Waals surface area contributed by atoms with Gasteiger partial charge in [-0.3, -0.25) is 0 Å². The number of aliphatic hydroxyl groups is 2. The quantitative estimate of drug-likeness (QED) is 0.662. The van der Waals surface area contributed by atoms with Crippen LogP contribution >= 0.6 is 0 Å². The van der Waals surface area contributed by atoms with Gasteiger partial charge in [0.1, 0.15) is 0 Å². The summed E-state index contributed by atoms with van der Waals surface area (Å²) in [6.07, 6.45) is 10.6. The average Bonchev–Trinajstić information content (AvgIpc) is 3.15. The van der Waals surface area contributed by atoms with E-state index in [0.717, 1.165) is 32.1 Å². The lowest BCUT2D eigenvalue weighted by Crippen LogP contribution is -2.60. The van der Waals surface area contributed by atoms with Crippen molar-refractivity contribution in [3.05, 3.63) is 23.8 Å². The number of hydrogen-bond donors (Lipinski definition) is 2. The van der Waals surface area contributed by atoms with Gasteiger partial charge in [0.05, 0.1) is 25.4 Å². The third-order valence-electron chi connectivity index (χ3n) is 8.30. The van der Waals surface area contributed by atoms with Gasteiger partial charge in [-0.2, -0.15) is 0 Å². The minimum absolute atomic E-state index is 0.0177. The topological polar surface area (TPSA) is 58.9 Å². The fourth-order valence-electron chi connectivity index (χ4n) is 7.07. The van der Waals surface area contributed by atoms with E-state index < -0.39 is 5.79 Å². The Morgan fingerprint density at radius 2 is 1.92 bits per heavy atom. The maximum absolute atomic E-state index is 11.3. The highest BCUT2D eigenvalue weighted by atomic mass is 16.7. The molecule has 138 valence electrons. The molecule has 5 rings (SSSR count). The predicted molar refractivity (Wildman–Crippen MR) is 93.6 cm³/mol. The maximum Gasteiger partial charge on any atom is 0.194 e. The van der Waals surface area contributed by atoms with E-state index in [1.165, 1.54) is 5.57 Å². The molecule has 1 spiro atoms. The van der Waals surface area contributed by atoms with Crippen LogP contribution in [0.25, 0.3) is 0 Å². The fraction of sp³-hybridized carbons (Fsp3) is 0.810. The molecule has 25 heavy (non-hydrogen) atoms. The van der Waals surface area contributed by atoms with E-state index in [4.69, 9.17) is 9.47 Å². The Balaban J connectivity index is 1.54. The summed E-state index contributed by atoms with van der Waals surface area (Å²) in [4.78, 5) is 0. The van der Waals surface area contributed by atoms with E-state index in [-0.39, 0.29) is 29.0 Å². The Morgan fingerprint density at radius 3 is 2.68 bits per heavy atom. The summed E-state index contributed by atoms with van der Waals surface area (Å²) in [5.41, 5.74) is 1.20. The number of aliphatic hydroxyl groups excluding tert-OH is 2. The van der Waals surface area contributed by atoms with Crippen molar-refractivity contribution in [1.29, 1.82) is 0 Å². The van der Waals surface area contributed by atoms with Crippen LogP contribution in [0.4, 0.5) is 0 Å². The minimum atomic E-state index is -0.642. The lowest BCUT2D eigenvalue weighted by atomic mass is 9.46. The molecule has 5 aliphatic rings. The van der Waals surface area contributed by atoms with Gasteiger partial charge in [0.25, 0.3) is 0 Å². The molecule has 2 N–H and O–H groups in total. The molecule has 0 aromatic heterocycles. The first-order valence-electron chi connectivity index (χ1n) is 9.93. The molecule has 0 bridgehead atoms. The van der Waals surface area contributed by atoms with Gasteiger partial charge in [0.2, 0.25) is 0 Å². The van der Waals surface area contributed by atoms with Crippen molar-refractivity contribution in [1.82, 2.24) is 0 Å². The second-order valence-corrected chi connectivity index (χ2v) is 9.41. The van der Waals surface area contributed by atoms with Gasteiger partial charge in [-0.25, -0.2) is 0 Å². The molecule has 7 atom stereocenters. The molecular formula is C21H30O4. The minimum Gasteiger partial charge on any atom is -0.393 e. The number of allylic oxidation sites excluding steroid dienone is 2. The molecule has 4 nitrogen and oxygen atoms in total. The normalized spacial score (nSPS) is 53.3. The van der Waals surface area contributed by atoms with Crippen LogP contribution in [0.2, 0.25) is 0 Å². The van der Waals surface area contributed by atoms with Crippen LogP contribution in [-0.2, 0) is 9.47 Å². The van der Waals surface area contributed by atoms with Crippen LogP contribution in [0, 0.1) is 28.6 Å². The van der Waals surface area contributed by atoms with Gasteiger partial charge < -0.3 is 19.7 Å². The SMILES string of the molecule is C[C@]12CC[C@H](O)CC1=CC[C@@H]1[C@@H]2[C@@H](O)C[C@@]2(C)[C@H]1C=CC21OCCO1. The third kappa shape index (κ3) is 1.97. The number of fused-ring (bicyclic) bond motifs is 6. The van der Waals surface area contributed by atoms with Crippen LogP contribution in [0.5, 0.6) is 0 Å². The largest absolute Gasteiger partial charge is 0.393 e. The first-order chi connectivity index (χ1) is 11.9. The maximum atomic E-state index is 11.3. The van der Waals surface area contributed by atoms with Gasteiger partial charge in [-0.05, 0) is 61.3 Å². The number of rotatable bonds is 0. The molecule has 0 amide bonds. The van der Waals surface area contributed by atoms with Crippen molar-refractivity contribution in [2.45, 2.75) is 63.9 Å². The van der Waals surface area contributed by atoms with Crippen molar-refractivity contribution >= 4 is 0 Å². The van der Waals surface area contributed by atoms with Gasteiger partial charge in [0.15, 0.2) is 5.79 Å². The molecule has 0 radical (unpaired) electrons. The summed E-state index contributed by atoms with van der Waals surface area (Å²) in [5.74, 6) is 0.415. The summed E-state index contributed by atoms with van der Waals surface area (Å²) in [5, 5.41) is 21.4. The van der Waals surface area contributed by atoms with Crippen molar-refractivity contribution in [2.75, 3.05) is 13.2 Å². The van der Waals surface area contributed by atoms with Gasteiger partial charge in [0, 0.05) is 5.41 Å². The summed E-state index contributed by atoms with van der Waals surface area (Å²) >= 11 is 0. The Bertz CT molecular complexity index is 634. The van der Waals surface area contributed by atoms with Gasteiger partial charge >= 0.3 is 0 Å². The van der Waals surface area contributed by atoms with Crippen LogP contribution in [0.1, 0.15) is 46.0 Å². The van der Waals surface area contributed by atoms with E-state index in [1.807, 2.05) is 0 Å².